The first-order chi connectivity index (χ1) is 9.85. The Labute approximate surface area is 127 Å². The highest BCUT2D eigenvalue weighted by molar-refractivity contribution is 7.94. The number of hydrogen-bond donors (Lipinski definition) is 2. The molecular formula is C14H15NO4S2. The Balaban J connectivity index is 2.40. The summed E-state index contributed by atoms with van der Waals surface area (Å²) in [7, 11) is -3.78. The molecule has 0 saturated carbocycles. The van der Waals surface area contributed by atoms with Gasteiger partial charge in [0.2, 0.25) is 0 Å². The molecule has 0 saturated heterocycles. The third-order valence-electron chi connectivity index (χ3n) is 3.03. The molecule has 2 aromatic rings. The van der Waals surface area contributed by atoms with Gasteiger partial charge in [-0.05, 0) is 36.6 Å². The Morgan fingerprint density at radius 2 is 2.00 bits per heavy atom. The lowest BCUT2D eigenvalue weighted by atomic mass is 10.1. The second kappa shape index (κ2) is 5.87. The summed E-state index contributed by atoms with van der Waals surface area (Å²) in [5.41, 5.74) is 2.28. The number of thiophene rings is 1. The van der Waals surface area contributed by atoms with Gasteiger partial charge in [0, 0.05) is 0 Å². The van der Waals surface area contributed by atoms with Gasteiger partial charge in [0.15, 0.2) is 0 Å². The molecule has 0 aliphatic rings. The van der Waals surface area contributed by atoms with E-state index < -0.39 is 16.0 Å². The highest BCUT2D eigenvalue weighted by atomic mass is 32.2. The van der Waals surface area contributed by atoms with Crippen LogP contribution in [0, 0.1) is 6.92 Å². The van der Waals surface area contributed by atoms with Crippen LogP contribution in [0.2, 0.25) is 0 Å². The highest BCUT2D eigenvalue weighted by Gasteiger charge is 2.20. The third-order valence-corrected chi connectivity index (χ3v) is 5.95. The summed E-state index contributed by atoms with van der Waals surface area (Å²) >= 11 is 0.736. The van der Waals surface area contributed by atoms with Gasteiger partial charge in [-0.3, -0.25) is 4.72 Å². The van der Waals surface area contributed by atoms with Gasteiger partial charge < -0.3 is 5.11 Å². The Morgan fingerprint density at radius 3 is 2.57 bits per heavy atom. The van der Waals surface area contributed by atoms with Crippen molar-refractivity contribution in [2.75, 3.05) is 4.72 Å². The maximum Gasteiger partial charge on any atom is 0.345 e. The second-order valence-electron chi connectivity index (χ2n) is 4.49. The lowest BCUT2D eigenvalue weighted by molar-refractivity contribution is 0.0702. The van der Waals surface area contributed by atoms with E-state index in [1.54, 1.807) is 0 Å². The maximum atomic E-state index is 12.4. The summed E-state index contributed by atoms with van der Waals surface area (Å²) in [6.07, 6.45) is 0.699. The number of rotatable bonds is 5. The number of nitrogens with one attached hydrogen (secondary N) is 1. The van der Waals surface area contributed by atoms with Crippen molar-refractivity contribution in [3.8, 4) is 0 Å². The molecule has 0 atom stereocenters. The van der Waals surface area contributed by atoms with Crippen LogP contribution in [0.5, 0.6) is 0 Å². The molecule has 2 N–H and O–H groups in total. The van der Waals surface area contributed by atoms with Gasteiger partial charge in [-0.25, -0.2) is 13.2 Å². The molecule has 21 heavy (non-hydrogen) atoms. The van der Waals surface area contributed by atoms with Crippen LogP contribution in [-0.2, 0) is 16.4 Å². The van der Waals surface area contributed by atoms with E-state index in [4.69, 9.17) is 5.11 Å². The summed E-state index contributed by atoms with van der Waals surface area (Å²) in [5.74, 6) is -1.13. The molecule has 1 heterocycles. The number of aromatic carboxylic acids is 1. The minimum Gasteiger partial charge on any atom is -0.477 e. The smallest absolute Gasteiger partial charge is 0.345 e. The van der Waals surface area contributed by atoms with Gasteiger partial charge in [-0.2, -0.15) is 0 Å². The van der Waals surface area contributed by atoms with Gasteiger partial charge in [-0.15, -0.1) is 11.3 Å². The number of benzene rings is 1. The van der Waals surface area contributed by atoms with Crippen molar-refractivity contribution in [3.63, 3.8) is 0 Å². The zero-order chi connectivity index (χ0) is 15.6. The molecule has 5 nitrogen and oxygen atoms in total. The van der Waals surface area contributed by atoms with E-state index in [0.717, 1.165) is 22.5 Å². The molecule has 0 aliphatic heterocycles. The summed E-state index contributed by atoms with van der Waals surface area (Å²) < 4.78 is 27.3. The highest BCUT2D eigenvalue weighted by Crippen LogP contribution is 2.27. The van der Waals surface area contributed by atoms with E-state index in [1.807, 2.05) is 32.0 Å². The molecule has 0 amide bonds. The quantitative estimate of drug-likeness (QED) is 0.884. The molecule has 0 radical (unpaired) electrons. The molecule has 1 aromatic heterocycles. The number of carboxylic acids is 1. The van der Waals surface area contributed by atoms with Crippen molar-refractivity contribution in [2.45, 2.75) is 24.5 Å². The first kappa shape index (κ1) is 15.5. The average molecular weight is 325 g/mol. The fourth-order valence-corrected chi connectivity index (χ4v) is 4.25. The Kier molecular flexibility index (Phi) is 4.34. The maximum absolute atomic E-state index is 12.4. The molecule has 112 valence electrons. The minimum atomic E-state index is -3.78. The molecule has 0 aliphatic carbocycles. The lowest BCUT2D eigenvalue weighted by Crippen LogP contribution is -2.14. The van der Waals surface area contributed by atoms with Gasteiger partial charge in [0.25, 0.3) is 10.0 Å². The van der Waals surface area contributed by atoms with Crippen LogP contribution in [0.25, 0.3) is 0 Å². The van der Waals surface area contributed by atoms with Crippen LogP contribution in [0.1, 0.15) is 27.7 Å². The zero-order valence-electron chi connectivity index (χ0n) is 11.6. The average Bonchev–Trinajstić information content (AvgIpc) is 2.91. The SMILES string of the molecule is CCc1cccc(C)c1NS(=O)(=O)c1ccc(C(=O)O)s1. The predicted molar refractivity (Wildman–Crippen MR) is 82.6 cm³/mol. The monoisotopic (exact) mass is 325 g/mol. The molecule has 7 heteroatoms. The van der Waals surface area contributed by atoms with Crippen LogP contribution in [0.15, 0.2) is 34.5 Å². The number of para-hydroxylation sites is 1. The van der Waals surface area contributed by atoms with Crippen molar-refractivity contribution in [2.24, 2.45) is 0 Å². The summed E-state index contributed by atoms with van der Waals surface area (Å²) in [5, 5.41) is 8.88. The third kappa shape index (κ3) is 3.25. The Hall–Kier alpha value is -1.86. The standard InChI is InChI=1S/C14H15NO4S2/c1-3-10-6-4-5-9(2)13(10)15-21(18,19)12-8-7-11(20-12)14(16)17/h4-8,15H,3H2,1-2H3,(H,16,17). The van der Waals surface area contributed by atoms with Crippen molar-refractivity contribution in [3.05, 3.63) is 46.3 Å². The van der Waals surface area contributed by atoms with E-state index in [9.17, 15) is 13.2 Å². The second-order valence-corrected chi connectivity index (χ2v) is 7.48. The number of hydrogen-bond acceptors (Lipinski definition) is 4. The molecular weight excluding hydrogens is 310 g/mol. The minimum absolute atomic E-state index is 0.00382. The number of sulfonamides is 1. The lowest BCUT2D eigenvalue weighted by Gasteiger charge is -2.13. The van der Waals surface area contributed by atoms with Gasteiger partial charge in [0.1, 0.15) is 9.09 Å². The summed E-state index contributed by atoms with van der Waals surface area (Å²) in [4.78, 5) is 10.8. The van der Waals surface area contributed by atoms with Crippen LogP contribution in [-0.4, -0.2) is 19.5 Å². The fraction of sp³-hybridized carbons (Fsp3) is 0.214. The van der Waals surface area contributed by atoms with Crippen molar-refractivity contribution < 1.29 is 18.3 Å². The molecule has 0 unspecified atom stereocenters. The van der Waals surface area contributed by atoms with E-state index in [-0.39, 0.29) is 9.09 Å². The van der Waals surface area contributed by atoms with E-state index in [2.05, 4.69) is 4.72 Å². The molecule has 1 aromatic carbocycles. The molecule has 0 fully saturated rings. The fourth-order valence-electron chi connectivity index (χ4n) is 1.93. The van der Waals surface area contributed by atoms with Crippen LogP contribution in [0.3, 0.4) is 0 Å². The molecule has 0 spiro atoms. The van der Waals surface area contributed by atoms with E-state index in [1.165, 1.54) is 12.1 Å². The Bertz CT molecular complexity index is 778. The van der Waals surface area contributed by atoms with Crippen LogP contribution >= 0.6 is 11.3 Å². The number of carboxylic acid groups (broad SMARTS) is 1. The predicted octanol–water partition coefficient (Wildman–Crippen LogP) is 3.12. The normalized spacial score (nSPS) is 11.3. The molecule has 0 bridgehead atoms. The number of aryl methyl sites for hydroxylation is 2. The van der Waals surface area contributed by atoms with Crippen molar-refractivity contribution in [1.82, 2.24) is 0 Å². The first-order valence-electron chi connectivity index (χ1n) is 6.29. The van der Waals surface area contributed by atoms with Crippen LogP contribution in [0.4, 0.5) is 5.69 Å². The van der Waals surface area contributed by atoms with Crippen molar-refractivity contribution >= 4 is 33.0 Å². The van der Waals surface area contributed by atoms with E-state index in [0.29, 0.717) is 12.1 Å². The summed E-state index contributed by atoms with van der Waals surface area (Å²) in [6.45, 7) is 3.77. The van der Waals surface area contributed by atoms with Gasteiger partial charge >= 0.3 is 5.97 Å². The number of anilines is 1. The summed E-state index contributed by atoms with van der Waals surface area (Å²) in [6, 6.07) is 8.16. The van der Waals surface area contributed by atoms with E-state index >= 15 is 0 Å². The Morgan fingerprint density at radius 1 is 1.29 bits per heavy atom. The first-order valence-corrected chi connectivity index (χ1v) is 8.59. The zero-order valence-corrected chi connectivity index (χ0v) is 13.2. The van der Waals surface area contributed by atoms with Gasteiger partial charge in [-0.1, -0.05) is 25.1 Å². The number of carbonyl (C=O) groups is 1. The van der Waals surface area contributed by atoms with Crippen LogP contribution < -0.4 is 4.72 Å². The largest absolute Gasteiger partial charge is 0.477 e. The van der Waals surface area contributed by atoms with Gasteiger partial charge in [0.05, 0.1) is 5.69 Å². The topological polar surface area (TPSA) is 83.5 Å². The molecule has 2 rings (SSSR count). The van der Waals surface area contributed by atoms with Crippen molar-refractivity contribution in [1.29, 1.82) is 0 Å².